The minimum atomic E-state index is -10.7. The Morgan fingerprint density at radius 1 is 0.241 bits per heavy atom. The molecule has 112 heavy (non-hydrogen) atoms. The number of Topliss-reactive ketones (excluding diaryl/α,β-unsaturated/α-hetero) is 2. The van der Waals surface area contributed by atoms with Gasteiger partial charge < -0.3 is 31.7 Å². The Balaban J connectivity index is 0. The van der Waals surface area contributed by atoms with Gasteiger partial charge in [-0.15, -0.1) is 0 Å². The van der Waals surface area contributed by atoms with Crippen LogP contribution in [0.4, 0.5) is 101 Å². The molecule has 10 aromatic rings. The topological polar surface area (TPSA) is 280 Å². The average molecular weight is 1870 g/mol. The summed E-state index contributed by atoms with van der Waals surface area (Å²) in [4.78, 5) is 70.1. The molecule has 0 unspecified atom stereocenters. The smallest absolute Gasteiger partial charge is 0.373 e. The Morgan fingerprint density at radius 2 is 0.330 bits per heavy atom. The molecule has 10 heterocycles. The molecule has 0 aromatic carbocycles. The Labute approximate surface area is 647 Å². The second kappa shape index (κ2) is 37.1. The molecule has 614 valence electrons. The molecule has 10 rings (SSSR count). The van der Waals surface area contributed by atoms with Crippen molar-refractivity contribution in [3.05, 3.63) is 332 Å². The van der Waals surface area contributed by atoms with Crippen LogP contribution in [0.3, 0.4) is 0 Å². The molecule has 0 bridgehead atoms. The first-order valence-electron chi connectivity index (χ1n) is 29.8. The number of carbonyl (C=O) groups is 2. The summed E-state index contributed by atoms with van der Waals surface area (Å²) in [5, 5.41) is 0. The van der Waals surface area contributed by atoms with Crippen molar-refractivity contribution in [3.63, 3.8) is 0 Å². The molecule has 18 nitrogen and oxygen atoms in total. The van der Waals surface area contributed by atoms with Crippen molar-refractivity contribution in [1.82, 2.24) is 49.8 Å². The van der Waals surface area contributed by atoms with E-state index in [1.54, 1.807) is 0 Å². The Kier molecular flexibility index (Phi) is 34.8. The number of hydrogen-bond acceptors (Lipinski definition) is 12. The third-order valence-electron chi connectivity index (χ3n) is 13.0. The number of aromatic nitrogens is 10. The van der Waals surface area contributed by atoms with Crippen molar-refractivity contribution < 1.29 is 149 Å². The molecular formula is C64H62F24N16O2P4Ru2. The van der Waals surface area contributed by atoms with Gasteiger partial charge in [0.1, 0.15) is 11.6 Å². The first-order valence-corrected chi connectivity index (χ1v) is 37.9. The van der Waals surface area contributed by atoms with Gasteiger partial charge in [0.15, 0.2) is 0 Å². The molecule has 0 aliphatic rings. The largest absolute Gasteiger partial charge is 3.00 e. The van der Waals surface area contributed by atoms with Crippen LogP contribution in [0.1, 0.15) is 124 Å². The van der Waals surface area contributed by atoms with Gasteiger partial charge in [-0.05, 0) is 177 Å². The third kappa shape index (κ3) is 46.5. The predicted octanol–water partition coefficient (Wildman–Crippen LogP) is 27.2. The van der Waals surface area contributed by atoms with Crippen LogP contribution in [-0.2, 0) is 70.2 Å². The standard InChI is InChI=1S/2C29H25N5.2C3H6O.4F6P.2N3.2Ru/c2*1-28(22-12-3-7-18-30-22,23-13-4-8-19-31-23)26-16-11-17-27(34-26)29(2,24-14-5-9-20-32-24)25-15-6-10-21-33-25;2*1-3(2)4;4*1-7(2,3,4,5)6;2*1-3-2;;/h2*3-21H,1-2H3;2*1-2H3;;;;;;;;/q;;;;6*-1;2*+3. The average Bonchev–Trinajstić information content (AvgIpc) is 0.751. The van der Waals surface area contributed by atoms with Gasteiger partial charge in [-0.2, -0.15) is 0 Å². The Hall–Kier alpha value is -9.25. The molecule has 0 saturated carbocycles. The SMILES string of the molecule is CC(C)=O.CC(C)=O.CC(c1ccccn1)(c1ccccn1)c1cccc(C(C)(c2ccccn2)c2ccccn2)n1.CC(c1ccccn1)(c1ccccn1)c1cccc(C(C)(c2ccccn2)c2ccccn2)n1.F[P-](F)(F)(F)(F)F.F[P-](F)(F)(F)(F)F.F[P-](F)(F)(F)(F)F.F[P-](F)(F)(F)(F)F.[N-]=[N+]=[N-].[N-]=[N+]=[N-].[Ru+3].[Ru+3]. The van der Waals surface area contributed by atoms with Crippen LogP contribution in [0.15, 0.2) is 232 Å². The molecule has 0 saturated heterocycles. The van der Waals surface area contributed by atoms with E-state index in [2.05, 4.69) is 27.7 Å². The van der Waals surface area contributed by atoms with Crippen LogP contribution in [0.5, 0.6) is 0 Å². The Morgan fingerprint density at radius 3 is 0.411 bits per heavy atom. The van der Waals surface area contributed by atoms with Gasteiger partial charge in [-0.1, -0.05) is 60.7 Å². The van der Waals surface area contributed by atoms with Crippen LogP contribution >= 0.6 is 31.2 Å². The van der Waals surface area contributed by atoms with E-state index >= 15 is 0 Å². The molecule has 0 N–H and O–H groups in total. The van der Waals surface area contributed by atoms with Gasteiger partial charge >= 0.3 is 171 Å². The molecule has 0 amide bonds. The number of hydrogen-bond donors (Lipinski definition) is 0. The molecule has 0 spiro atoms. The number of carbonyl (C=O) groups excluding carboxylic acids is 2. The first-order chi connectivity index (χ1) is 49.4. The van der Waals surface area contributed by atoms with E-state index in [1.165, 1.54) is 37.5 Å². The Bertz CT molecular complexity index is 3890. The van der Waals surface area contributed by atoms with Gasteiger partial charge in [0.25, 0.3) is 0 Å². The summed E-state index contributed by atoms with van der Waals surface area (Å²) < 4.78 is 237. The van der Waals surface area contributed by atoms with Crippen molar-refractivity contribution in [2.45, 2.75) is 77.0 Å². The maximum atomic E-state index is 9.87. The summed E-state index contributed by atoms with van der Waals surface area (Å²) in [6.07, 6.45) is 14.5. The van der Waals surface area contributed by atoms with Crippen LogP contribution in [0.25, 0.3) is 31.9 Å². The third-order valence-corrected chi connectivity index (χ3v) is 13.0. The quantitative estimate of drug-likeness (QED) is 0.0276. The van der Waals surface area contributed by atoms with Crippen molar-refractivity contribution >= 4 is 42.8 Å². The van der Waals surface area contributed by atoms with Crippen LogP contribution in [-0.4, -0.2) is 61.4 Å². The fourth-order valence-electron chi connectivity index (χ4n) is 8.83. The van der Waals surface area contributed by atoms with Crippen molar-refractivity contribution in [2.75, 3.05) is 0 Å². The maximum Gasteiger partial charge on any atom is 3.00 e. The van der Waals surface area contributed by atoms with Crippen LogP contribution in [0.2, 0.25) is 0 Å². The van der Waals surface area contributed by atoms with Crippen LogP contribution < -0.4 is 0 Å². The molecule has 10 aromatic heterocycles. The summed E-state index contributed by atoms with van der Waals surface area (Å²) in [6, 6.07) is 59.9. The van der Waals surface area contributed by atoms with E-state index in [0.29, 0.717) is 0 Å². The van der Waals surface area contributed by atoms with Crippen molar-refractivity contribution in [2.24, 2.45) is 0 Å². The summed E-state index contributed by atoms with van der Waals surface area (Å²) >= 11 is 0. The zero-order chi connectivity index (χ0) is 85.1. The summed E-state index contributed by atoms with van der Waals surface area (Å²) in [5.41, 5.74) is 34.9. The van der Waals surface area contributed by atoms with Crippen molar-refractivity contribution in [3.8, 4) is 0 Å². The van der Waals surface area contributed by atoms with Gasteiger partial charge in [0.05, 0.1) is 90.0 Å². The van der Waals surface area contributed by atoms with E-state index in [4.69, 9.17) is 72.0 Å². The van der Waals surface area contributed by atoms with Crippen molar-refractivity contribution in [1.29, 1.82) is 0 Å². The fraction of sp³-hybridized carbons (Fsp3) is 0.188. The number of rotatable bonds is 12. The van der Waals surface area contributed by atoms with Gasteiger partial charge in [0, 0.05) is 49.6 Å². The first kappa shape index (κ1) is 105. The number of halogens is 24. The maximum absolute atomic E-state index is 10.7. The zero-order valence-corrected chi connectivity index (χ0v) is 65.5. The molecule has 0 aliphatic carbocycles. The zero-order valence-electron chi connectivity index (χ0n) is 58.5. The second-order valence-corrected chi connectivity index (χ2v) is 30.5. The monoisotopic (exact) mass is 1870 g/mol. The number of ketones is 2. The minimum Gasteiger partial charge on any atom is -0.373 e. The van der Waals surface area contributed by atoms with Gasteiger partial charge in [0.2, 0.25) is 0 Å². The van der Waals surface area contributed by atoms with E-state index in [-0.39, 0.29) is 50.5 Å². The fourth-order valence-corrected chi connectivity index (χ4v) is 8.83. The van der Waals surface area contributed by atoms with E-state index in [9.17, 15) is 110 Å². The molecular weight excluding hydrogens is 1810 g/mol. The van der Waals surface area contributed by atoms with E-state index in [1.807, 2.05) is 232 Å². The molecule has 2 radical (unpaired) electrons. The minimum absolute atomic E-state index is 0. The van der Waals surface area contributed by atoms with Gasteiger partial charge in [-0.25, -0.2) is 0 Å². The van der Waals surface area contributed by atoms with Crippen LogP contribution in [0, 0.1) is 0 Å². The molecule has 0 fully saturated rings. The summed E-state index contributed by atoms with van der Waals surface area (Å²) in [5.74, 6) is 0.333. The predicted molar refractivity (Wildman–Crippen MR) is 372 cm³/mol. The summed E-state index contributed by atoms with van der Waals surface area (Å²) in [6.45, 7) is 14.6. The van der Waals surface area contributed by atoms with E-state index in [0.717, 1.165) is 68.3 Å². The van der Waals surface area contributed by atoms with Gasteiger partial charge in [-0.3, -0.25) is 59.7 Å². The molecule has 48 heteroatoms. The van der Waals surface area contributed by atoms with E-state index < -0.39 is 52.9 Å². The molecule has 0 aliphatic heterocycles. The second-order valence-electron chi connectivity index (χ2n) is 22.9. The number of pyridine rings is 10. The normalized spacial score (nSPS) is 13.6. The molecule has 0 atom stereocenters. The summed E-state index contributed by atoms with van der Waals surface area (Å²) in [7, 11) is -42.6. The number of nitrogens with zero attached hydrogens (tertiary/aromatic N) is 16.